The van der Waals surface area contributed by atoms with E-state index in [9.17, 15) is 9.59 Å². The number of rotatable bonds is 9. The zero-order valence-electron chi connectivity index (χ0n) is 20.6. The minimum absolute atomic E-state index is 0.166. The zero-order valence-corrected chi connectivity index (χ0v) is 21.4. The molecule has 6 nitrogen and oxygen atoms in total. The third-order valence-corrected chi connectivity index (χ3v) is 6.09. The molecule has 0 heterocycles. The first-order valence-corrected chi connectivity index (χ1v) is 12.4. The molecule has 188 valence electrons. The smallest absolute Gasteiger partial charge is 0.262 e. The average molecular weight is 514 g/mol. The molecular formula is C30H28ClN3O3. The summed E-state index contributed by atoms with van der Waals surface area (Å²) in [5.74, 6) is -0.324. The molecule has 2 N–H and O–H groups in total. The predicted molar refractivity (Wildman–Crippen MR) is 148 cm³/mol. The van der Waals surface area contributed by atoms with Crippen molar-refractivity contribution in [2.75, 3.05) is 0 Å². The third-order valence-electron chi connectivity index (χ3n) is 5.86. The Morgan fingerprint density at radius 3 is 2.46 bits per heavy atom. The van der Waals surface area contributed by atoms with Crippen molar-refractivity contribution in [2.45, 2.75) is 26.5 Å². The minimum Gasteiger partial charge on any atom is -0.488 e. The number of halogens is 1. The molecule has 0 aliphatic rings. The van der Waals surface area contributed by atoms with Gasteiger partial charge in [0.1, 0.15) is 18.4 Å². The molecule has 0 radical (unpaired) electrons. The highest BCUT2D eigenvalue weighted by Crippen LogP contribution is 2.27. The van der Waals surface area contributed by atoms with Gasteiger partial charge in [-0.1, -0.05) is 92.2 Å². The van der Waals surface area contributed by atoms with E-state index in [2.05, 4.69) is 15.8 Å². The highest BCUT2D eigenvalue weighted by molar-refractivity contribution is 6.31. The number of hydrazone groups is 1. The van der Waals surface area contributed by atoms with Crippen LogP contribution in [0.5, 0.6) is 5.75 Å². The van der Waals surface area contributed by atoms with E-state index in [1.807, 2.05) is 80.6 Å². The maximum atomic E-state index is 13.0. The summed E-state index contributed by atoms with van der Waals surface area (Å²) < 4.78 is 6.11. The molecule has 37 heavy (non-hydrogen) atoms. The van der Waals surface area contributed by atoms with Gasteiger partial charge in [0.2, 0.25) is 0 Å². The number of carbonyl (C=O) groups excluding carboxylic acids is 2. The Kier molecular flexibility index (Phi) is 8.54. The monoisotopic (exact) mass is 513 g/mol. The summed E-state index contributed by atoms with van der Waals surface area (Å²) in [6.07, 6.45) is 1.58. The first-order valence-electron chi connectivity index (χ1n) is 12.0. The molecule has 0 spiro atoms. The Bertz CT molecular complexity index is 1420. The second-order valence-electron chi connectivity index (χ2n) is 8.91. The summed E-state index contributed by atoms with van der Waals surface area (Å²) in [6, 6.07) is 27.5. The van der Waals surface area contributed by atoms with Crippen molar-refractivity contribution in [2.24, 2.45) is 11.0 Å². The first kappa shape index (κ1) is 25.9. The van der Waals surface area contributed by atoms with Crippen LogP contribution in [0.3, 0.4) is 0 Å². The van der Waals surface area contributed by atoms with Gasteiger partial charge in [-0.2, -0.15) is 5.10 Å². The van der Waals surface area contributed by atoms with Crippen LogP contribution >= 0.6 is 11.6 Å². The molecule has 4 rings (SSSR count). The van der Waals surface area contributed by atoms with Crippen LogP contribution in [0, 0.1) is 5.92 Å². The van der Waals surface area contributed by atoms with Crippen LogP contribution in [0.2, 0.25) is 5.02 Å². The van der Waals surface area contributed by atoms with Crippen LogP contribution < -0.4 is 15.5 Å². The number of nitrogens with zero attached hydrogens (tertiary/aromatic N) is 1. The Labute approximate surface area is 221 Å². The predicted octanol–water partition coefficient (Wildman–Crippen LogP) is 5.98. The quantitative estimate of drug-likeness (QED) is 0.213. The van der Waals surface area contributed by atoms with E-state index in [4.69, 9.17) is 16.3 Å². The molecule has 0 aliphatic carbocycles. The van der Waals surface area contributed by atoms with Crippen LogP contribution in [-0.4, -0.2) is 24.1 Å². The molecule has 4 aromatic rings. The van der Waals surface area contributed by atoms with Crippen molar-refractivity contribution in [3.05, 3.63) is 113 Å². The van der Waals surface area contributed by atoms with Gasteiger partial charge in [0.15, 0.2) is 0 Å². The van der Waals surface area contributed by atoms with Crippen LogP contribution in [0.1, 0.15) is 35.3 Å². The molecular weight excluding hydrogens is 486 g/mol. The Hall–Kier alpha value is -4.16. The summed E-state index contributed by atoms with van der Waals surface area (Å²) in [7, 11) is 0. The summed E-state index contributed by atoms with van der Waals surface area (Å²) >= 11 is 6.00. The van der Waals surface area contributed by atoms with Gasteiger partial charge in [-0.05, 0) is 46.5 Å². The van der Waals surface area contributed by atoms with Gasteiger partial charge in [-0.25, -0.2) is 5.43 Å². The summed E-state index contributed by atoms with van der Waals surface area (Å²) in [5.41, 5.74) is 4.75. The van der Waals surface area contributed by atoms with Crippen molar-refractivity contribution in [1.82, 2.24) is 10.7 Å². The number of hydrogen-bond acceptors (Lipinski definition) is 4. The number of amides is 2. The Morgan fingerprint density at radius 2 is 1.70 bits per heavy atom. The topological polar surface area (TPSA) is 79.8 Å². The fourth-order valence-electron chi connectivity index (χ4n) is 3.89. The minimum atomic E-state index is -0.787. The number of ether oxygens (including phenoxy) is 1. The van der Waals surface area contributed by atoms with Crippen molar-refractivity contribution in [3.8, 4) is 5.75 Å². The van der Waals surface area contributed by atoms with Crippen LogP contribution in [-0.2, 0) is 11.4 Å². The average Bonchev–Trinajstić information content (AvgIpc) is 2.91. The highest BCUT2D eigenvalue weighted by Gasteiger charge is 2.24. The molecule has 0 saturated carbocycles. The number of hydrogen-bond donors (Lipinski definition) is 2. The highest BCUT2D eigenvalue weighted by atomic mass is 35.5. The SMILES string of the molecule is CC(C)C(NC(=O)c1cccc(Cl)c1)C(=O)NN=Cc1c(OCc2ccccc2)ccc2ccccc12. The second-order valence-corrected chi connectivity index (χ2v) is 9.35. The van der Waals surface area contributed by atoms with E-state index in [1.165, 1.54) is 0 Å². The molecule has 4 aromatic carbocycles. The molecule has 2 amide bonds. The largest absolute Gasteiger partial charge is 0.488 e. The Balaban J connectivity index is 1.51. The molecule has 0 saturated heterocycles. The lowest BCUT2D eigenvalue weighted by molar-refractivity contribution is -0.123. The maximum absolute atomic E-state index is 13.0. The van der Waals surface area contributed by atoms with Gasteiger partial charge in [-0.3, -0.25) is 9.59 Å². The molecule has 1 unspecified atom stereocenters. The lowest BCUT2D eigenvalue weighted by atomic mass is 10.0. The number of carbonyl (C=O) groups is 2. The maximum Gasteiger partial charge on any atom is 0.262 e. The second kappa shape index (κ2) is 12.2. The van der Waals surface area contributed by atoms with Gasteiger partial charge >= 0.3 is 0 Å². The normalized spacial score (nSPS) is 12.0. The van der Waals surface area contributed by atoms with Crippen molar-refractivity contribution in [3.63, 3.8) is 0 Å². The fourth-order valence-corrected chi connectivity index (χ4v) is 4.08. The molecule has 0 bridgehead atoms. The van der Waals surface area contributed by atoms with Gasteiger partial charge < -0.3 is 10.1 Å². The van der Waals surface area contributed by atoms with E-state index in [0.29, 0.717) is 22.9 Å². The van der Waals surface area contributed by atoms with Crippen molar-refractivity contribution in [1.29, 1.82) is 0 Å². The lowest BCUT2D eigenvalue weighted by Crippen LogP contribution is -2.48. The van der Waals surface area contributed by atoms with E-state index in [0.717, 1.165) is 21.9 Å². The van der Waals surface area contributed by atoms with Gasteiger partial charge in [0.05, 0.1) is 6.21 Å². The standard InChI is InChI=1S/C30H28ClN3O3/c1-20(2)28(33-29(35)23-12-8-13-24(31)17-23)30(36)34-32-18-26-25-14-7-6-11-22(25)15-16-27(26)37-19-21-9-4-3-5-10-21/h3-18,20,28H,19H2,1-2H3,(H,33,35)(H,34,36). The number of fused-ring (bicyclic) bond motifs is 1. The zero-order chi connectivity index (χ0) is 26.2. The summed E-state index contributed by atoms with van der Waals surface area (Å²) in [6.45, 7) is 4.11. The van der Waals surface area contributed by atoms with Crippen molar-refractivity contribution < 1.29 is 14.3 Å². The molecule has 0 fully saturated rings. The van der Waals surface area contributed by atoms with E-state index in [-0.39, 0.29) is 11.8 Å². The molecule has 0 aliphatic heterocycles. The van der Waals surface area contributed by atoms with Crippen LogP contribution in [0.4, 0.5) is 0 Å². The molecule has 1 atom stereocenters. The molecule has 0 aromatic heterocycles. The van der Waals surface area contributed by atoms with Crippen molar-refractivity contribution >= 4 is 40.4 Å². The van der Waals surface area contributed by atoms with Crippen LogP contribution in [0.15, 0.2) is 96.1 Å². The van der Waals surface area contributed by atoms with E-state index < -0.39 is 11.9 Å². The lowest BCUT2D eigenvalue weighted by Gasteiger charge is -2.20. The van der Waals surface area contributed by atoms with Gasteiger partial charge in [0, 0.05) is 16.1 Å². The molecule has 7 heteroatoms. The van der Waals surface area contributed by atoms with E-state index >= 15 is 0 Å². The number of nitrogens with one attached hydrogen (secondary N) is 2. The fraction of sp³-hybridized carbons (Fsp3) is 0.167. The summed E-state index contributed by atoms with van der Waals surface area (Å²) in [4.78, 5) is 25.7. The Morgan fingerprint density at radius 1 is 0.946 bits per heavy atom. The third kappa shape index (κ3) is 6.74. The van der Waals surface area contributed by atoms with Gasteiger partial charge in [-0.15, -0.1) is 0 Å². The summed E-state index contributed by atoms with van der Waals surface area (Å²) in [5, 5.41) is 9.42. The van der Waals surface area contributed by atoms with E-state index in [1.54, 1.807) is 30.5 Å². The van der Waals surface area contributed by atoms with Gasteiger partial charge in [0.25, 0.3) is 11.8 Å². The van der Waals surface area contributed by atoms with Crippen LogP contribution in [0.25, 0.3) is 10.8 Å². The number of benzene rings is 4. The first-order chi connectivity index (χ1) is 17.9.